The first-order valence-corrected chi connectivity index (χ1v) is 10.3. The molecule has 1 fully saturated rings. The highest BCUT2D eigenvalue weighted by Crippen LogP contribution is 2.38. The first-order chi connectivity index (χ1) is 15.4. The Morgan fingerprint density at radius 3 is 2.75 bits per heavy atom. The van der Waals surface area contributed by atoms with E-state index in [1.807, 2.05) is 13.8 Å². The Labute approximate surface area is 182 Å². The van der Waals surface area contributed by atoms with Crippen molar-refractivity contribution in [3.8, 4) is 0 Å². The van der Waals surface area contributed by atoms with Gasteiger partial charge in [0.25, 0.3) is 11.8 Å². The van der Waals surface area contributed by atoms with Gasteiger partial charge in [0.05, 0.1) is 28.2 Å². The highest BCUT2D eigenvalue weighted by Gasteiger charge is 2.29. The summed E-state index contributed by atoms with van der Waals surface area (Å²) in [6.07, 6.45) is 2.19. The summed E-state index contributed by atoms with van der Waals surface area (Å²) in [5, 5.41) is 12.1. The van der Waals surface area contributed by atoms with Crippen LogP contribution in [0.25, 0.3) is 10.9 Å². The molecule has 5 rings (SSSR count). The number of nitrogens with zero attached hydrogens (tertiary/aromatic N) is 5. The summed E-state index contributed by atoms with van der Waals surface area (Å²) < 4.78 is 7.07. The van der Waals surface area contributed by atoms with Crippen LogP contribution in [-0.2, 0) is 6.54 Å². The predicted molar refractivity (Wildman–Crippen MR) is 115 cm³/mol. The SMILES string of the molecule is Cc1nn(Cc2nc(C3CC3)no2)c(C)c1NC(=O)c1cc(C(N)=O)nc2ccccc12. The van der Waals surface area contributed by atoms with Gasteiger partial charge in [0.15, 0.2) is 5.82 Å². The fraction of sp³-hybridized carbons (Fsp3) is 0.273. The summed E-state index contributed by atoms with van der Waals surface area (Å²) in [5.41, 5.74) is 8.23. The summed E-state index contributed by atoms with van der Waals surface area (Å²) in [7, 11) is 0. The molecule has 3 heterocycles. The smallest absolute Gasteiger partial charge is 0.267 e. The number of benzene rings is 1. The lowest BCUT2D eigenvalue weighted by Gasteiger charge is -2.10. The number of fused-ring (bicyclic) bond motifs is 1. The van der Waals surface area contributed by atoms with Crippen LogP contribution in [0.3, 0.4) is 0 Å². The topological polar surface area (TPSA) is 142 Å². The molecule has 0 unspecified atom stereocenters. The molecule has 162 valence electrons. The van der Waals surface area contributed by atoms with E-state index in [-0.39, 0.29) is 11.6 Å². The number of anilines is 1. The fourth-order valence-electron chi connectivity index (χ4n) is 3.67. The standard InChI is InChI=1S/C22H21N7O3/c1-11-19(12(2)29(27-11)10-18-25-21(28-32-18)13-7-8-13)26-22(31)15-9-17(20(23)30)24-16-6-4-3-5-14(15)16/h3-6,9,13H,7-8,10H2,1-2H3,(H2,23,30)(H,26,31). The number of hydrogen-bond donors (Lipinski definition) is 2. The Morgan fingerprint density at radius 1 is 1.22 bits per heavy atom. The van der Waals surface area contributed by atoms with Gasteiger partial charge in [-0.05, 0) is 38.8 Å². The summed E-state index contributed by atoms with van der Waals surface area (Å²) >= 11 is 0. The zero-order valence-corrected chi connectivity index (χ0v) is 17.6. The summed E-state index contributed by atoms with van der Waals surface area (Å²) in [4.78, 5) is 33.6. The van der Waals surface area contributed by atoms with E-state index < -0.39 is 5.91 Å². The molecule has 1 aromatic carbocycles. The number of pyridine rings is 1. The Bertz CT molecular complexity index is 1370. The van der Waals surface area contributed by atoms with E-state index in [1.165, 1.54) is 6.07 Å². The third-order valence-electron chi connectivity index (χ3n) is 5.54. The van der Waals surface area contributed by atoms with Crippen LogP contribution in [0.4, 0.5) is 5.69 Å². The van der Waals surface area contributed by atoms with Crippen molar-refractivity contribution < 1.29 is 14.1 Å². The molecule has 3 aromatic heterocycles. The van der Waals surface area contributed by atoms with Gasteiger partial charge >= 0.3 is 0 Å². The minimum Gasteiger partial charge on any atom is -0.364 e. The van der Waals surface area contributed by atoms with Crippen LogP contribution in [0.15, 0.2) is 34.9 Å². The Kier molecular flexibility index (Phi) is 4.69. The molecule has 2 amide bonds. The van der Waals surface area contributed by atoms with Gasteiger partial charge in [-0.3, -0.25) is 14.3 Å². The van der Waals surface area contributed by atoms with Gasteiger partial charge in [-0.25, -0.2) is 4.98 Å². The maximum Gasteiger partial charge on any atom is 0.267 e. The average Bonchev–Trinajstić information content (AvgIpc) is 3.48. The first-order valence-electron chi connectivity index (χ1n) is 10.3. The molecule has 0 bridgehead atoms. The van der Waals surface area contributed by atoms with E-state index in [1.54, 1.807) is 28.9 Å². The molecule has 0 saturated heterocycles. The number of primary amides is 1. The molecule has 32 heavy (non-hydrogen) atoms. The second-order valence-electron chi connectivity index (χ2n) is 7.91. The lowest BCUT2D eigenvalue weighted by molar-refractivity contribution is 0.0996. The number of nitrogens with two attached hydrogens (primary N) is 1. The molecular formula is C22H21N7O3. The van der Waals surface area contributed by atoms with E-state index in [0.717, 1.165) is 24.4 Å². The number of carbonyl (C=O) groups excluding carboxylic acids is 2. The molecule has 0 atom stereocenters. The monoisotopic (exact) mass is 431 g/mol. The van der Waals surface area contributed by atoms with Gasteiger partial charge in [0.1, 0.15) is 12.2 Å². The molecule has 1 aliphatic carbocycles. The zero-order valence-electron chi connectivity index (χ0n) is 17.6. The van der Waals surface area contributed by atoms with Gasteiger partial charge < -0.3 is 15.6 Å². The van der Waals surface area contributed by atoms with Crippen molar-refractivity contribution >= 4 is 28.4 Å². The number of amides is 2. The lowest BCUT2D eigenvalue weighted by Crippen LogP contribution is -2.18. The zero-order chi connectivity index (χ0) is 22.4. The van der Waals surface area contributed by atoms with Gasteiger partial charge in [-0.15, -0.1) is 0 Å². The van der Waals surface area contributed by atoms with Crippen molar-refractivity contribution in [2.75, 3.05) is 5.32 Å². The van der Waals surface area contributed by atoms with Gasteiger partial charge in [0.2, 0.25) is 5.89 Å². The minimum absolute atomic E-state index is 0.0286. The van der Waals surface area contributed by atoms with Crippen LogP contribution in [0.5, 0.6) is 0 Å². The quantitative estimate of drug-likeness (QED) is 0.478. The van der Waals surface area contributed by atoms with Crippen molar-refractivity contribution in [1.82, 2.24) is 24.9 Å². The largest absolute Gasteiger partial charge is 0.364 e. The minimum atomic E-state index is -0.699. The van der Waals surface area contributed by atoms with E-state index in [2.05, 4.69) is 25.5 Å². The Morgan fingerprint density at radius 2 is 2.00 bits per heavy atom. The van der Waals surface area contributed by atoms with E-state index >= 15 is 0 Å². The normalized spacial score (nSPS) is 13.4. The van der Waals surface area contributed by atoms with Crippen molar-refractivity contribution in [3.05, 3.63) is 64.7 Å². The fourth-order valence-corrected chi connectivity index (χ4v) is 3.67. The molecular weight excluding hydrogens is 410 g/mol. The average molecular weight is 431 g/mol. The van der Waals surface area contributed by atoms with Gasteiger partial charge in [0, 0.05) is 11.3 Å². The second kappa shape index (κ2) is 7.56. The molecule has 4 aromatic rings. The summed E-state index contributed by atoms with van der Waals surface area (Å²) in [6.45, 7) is 3.97. The lowest BCUT2D eigenvalue weighted by atomic mass is 10.1. The molecule has 3 N–H and O–H groups in total. The van der Waals surface area contributed by atoms with Gasteiger partial charge in [-0.1, -0.05) is 23.4 Å². The van der Waals surface area contributed by atoms with E-state index in [9.17, 15) is 9.59 Å². The van der Waals surface area contributed by atoms with Crippen LogP contribution in [-0.4, -0.2) is 36.7 Å². The highest BCUT2D eigenvalue weighted by atomic mass is 16.5. The Hall–Kier alpha value is -4.08. The first kappa shape index (κ1) is 19.9. The number of hydrogen-bond acceptors (Lipinski definition) is 7. The second-order valence-corrected chi connectivity index (χ2v) is 7.91. The third kappa shape index (κ3) is 3.59. The van der Waals surface area contributed by atoms with Crippen LogP contribution in [0.2, 0.25) is 0 Å². The number of para-hydroxylation sites is 1. The summed E-state index contributed by atoms with van der Waals surface area (Å²) in [6, 6.07) is 8.50. The highest BCUT2D eigenvalue weighted by molar-refractivity contribution is 6.14. The van der Waals surface area contributed by atoms with Crippen LogP contribution < -0.4 is 11.1 Å². The van der Waals surface area contributed by atoms with Crippen LogP contribution in [0.1, 0.15) is 62.7 Å². The van der Waals surface area contributed by atoms with Crippen molar-refractivity contribution in [2.45, 2.75) is 39.2 Å². The predicted octanol–water partition coefficient (Wildman–Crippen LogP) is 2.71. The molecule has 10 nitrogen and oxygen atoms in total. The number of nitrogens with one attached hydrogen (secondary N) is 1. The number of aryl methyl sites for hydroxylation is 1. The van der Waals surface area contributed by atoms with E-state index in [0.29, 0.717) is 46.2 Å². The number of aromatic nitrogens is 5. The Balaban J connectivity index is 1.44. The molecule has 1 aliphatic rings. The van der Waals surface area contributed by atoms with Crippen molar-refractivity contribution in [2.24, 2.45) is 5.73 Å². The van der Waals surface area contributed by atoms with Crippen molar-refractivity contribution in [3.63, 3.8) is 0 Å². The number of carbonyl (C=O) groups is 2. The third-order valence-corrected chi connectivity index (χ3v) is 5.54. The van der Waals surface area contributed by atoms with E-state index in [4.69, 9.17) is 10.3 Å². The summed E-state index contributed by atoms with van der Waals surface area (Å²) in [5.74, 6) is 0.538. The number of rotatable bonds is 6. The van der Waals surface area contributed by atoms with Crippen LogP contribution in [0, 0.1) is 13.8 Å². The maximum atomic E-state index is 13.2. The van der Waals surface area contributed by atoms with Crippen molar-refractivity contribution in [1.29, 1.82) is 0 Å². The van der Waals surface area contributed by atoms with Crippen LogP contribution >= 0.6 is 0 Å². The maximum absolute atomic E-state index is 13.2. The molecule has 1 saturated carbocycles. The molecule has 0 radical (unpaired) electrons. The molecule has 10 heteroatoms. The van der Waals surface area contributed by atoms with Gasteiger partial charge in [-0.2, -0.15) is 10.1 Å². The molecule has 0 aliphatic heterocycles. The molecule has 0 spiro atoms.